The number of hydrogen-bond acceptors (Lipinski definition) is 9. The summed E-state index contributed by atoms with van der Waals surface area (Å²) in [5.74, 6) is 1.62. The van der Waals surface area contributed by atoms with Crippen LogP contribution in [0.3, 0.4) is 0 Å². The Morgan fingerprint density at radius 2 is 1.52 bits per heavy atom. The second kappa shape index (κ2) is 8.05. The highest BCUT2D eigenvalue weighted by Gasteiger charge is 2.13. The van der Waals surface area contributed by atoms with Crippen LogP contribution < -0.4 is 4.72 Å². The second-order valence-electron chi connectivity index (χ2n) is 5.98. The third kappa shape index (κ3) is 5.00. The van der Waals surface area contributed by atoms with Crippen LogP contribution in [0.2, 0.25) is 0 Å². The molecule has 0 bridgehead atoms. The van der Waals surface area contributed by atoms with E-state index in [1.165, 1.54) is 11.8 Å². The number of aromatic nitrogens is 4. The van der Waals surface area contributed by atoms with Gasteiger partial charge in [-0.25, -0.2) is 8.42 Å². The molecule has 0 saturated carbocycles. The van der Waals surface area contributed by atoms with Crippen molar-refractivity contribution in [3.05, 3.63) is 60.5 Å². The zero-order valence-corrected chi connectivity index (χ0v) is 16.8. The van der Waals surface area contributed by atoms with Crippen molar-refractivity contribution in [2.75, 3.05) is 11.0 Å². The third-order valence-corrected chi connectivity index (χ3v) is 5.06. The van der Waals surface area contributed by atoms with Gasteiger partial charge in [-0.2, -0.15) is 0 Å². The minimum absolute atomic E-state index is 0.328. The van der Waals surface area contributed by atoms with Crippen LogP contribution in [-0.4, -0.2) is 35.1 Å². The molecule has 29 heavy (non-hydrogen) atoms. The summed E-state index contributed by atoms with van der Waals surface area (Å²) in [7, 11) is -3.33. The zero-order valence-electron chi connectivity index (χ0n) is 15.1. The molecule has 0 saturated heterocycles. The first-order chi connectivity index (χ1) is 14.0. The molecule has 0 aliphatic carbocycles. The first-order valence-electron chi connectivity index (χ1n) is 8.39. The molecule has 2 aromatic carbocycles. The monoisotopic (exact) mass is 429 g/mol. The maximum Gasteiger partial charge on any atom is 0.277 e. The van der Waals surface area contributed by atoms with E-state index in [0.29, 0.717) is 39.9 Å². The highest BCUT2D eigenvalue weighted by molar-refractivity contribution is 7.98. The SMILES string of the molecule is CS(=O)(=O)Nc1ccc(-c2nnc(SCc3nnc(-c4ccccc4)o3)o2)cc1. The molecule has 1 N–H and O–H groups in total. The van der Waals surface area contributed by atoms with Crippen molar-refractivity contribution >= 4 is 27.5 Å². The van der Waals surface area contributed by atoms with Crippen molar-refractivity contribution in [2.24, 2.45) is 0 Å². The van der Waals surface area contributed by atoms with Gasteiger partial charge in [-0.05, 0) is 36.4 Å². The Morgan fingerprint density at radius 3 is 2.24 bits per heavy atom. The van der Waals surface area contributed by atoms with E-state index in [0.717, 1.165) is 11.8 Å². The van der Waals surface area contributed by atoms with Crippen molar-refractivity contribution in [1.29, 1.82) is 0 Å². The van der Waals surface area contributed by atoms with Gasteiger partial charge in [0.05, 0.1) is 12.0 Å². The van der Waals surface area contributed by atoms with Gasteiger partial charge in [0.15, 0.2) is 0 Å². The molecule has 9 nitrogen and oxygen atoms in total. The summed E-state index contributed by atoms with van der Waals surface area (Å²) in [5.41, 5.74) is 1.98. The average molecular weight is 429 g/mol. The Labute approximate surface area is 170 Å². The standard InChI is InChI=1S/C18H15N5O4S2/c1-29(24,25)23-14-9-7-13(8-10-14)17-21-22-18(27-17)28-11-15-19-20-16(26-15)12-5-3-2-4-6-12/h2-10,23H,11H2,1H3. The van der Waals surface area contributed by atoms with Crippen molar-refractivity contribution in [1.82, 2.24) is 20.4 Å². The van der Waals surface area contributed by atoms with Crippen LogP contribution in [-0.2, 0) is 15.8 Å². The fourth-order valence-electron chi connectivity index (χ4n) is 2.41. The lowest BCUT2D eigenvalue weighted by Gasteiger charge is -2.03. The Morgan fingerprint density at radius 1 is 0.862 bits per heavy atom. The highest BCUT2D eigenvalue weighted by Crippen LogP contribution is 2.27. The number of nitrogens with zero attached hydrogens (tertiary/aromatic N) is 4. The van der Waals surface area contributed by atoms with Gasteiger partial charge in [-0.15, -0.1) is 20.4 Å². The molecule has 0 aliphatic heterocycles. The lowest BCUT2D eigenvalue weighted by molar-refractivity contribution is 0.464. The molecule has 11 heteroatoms. The summed E-state index contributed by atoms with van der Waals surface area (Å²) < 4.78 is 36.2. The van der Waals surface area contributed by atoms with Crippen LogP contribution >= 0.6 is 11.8 Å². The summed E-state index contributed by atoms with van der Waals surface area (Å²) >= 11 is 1.28. The Balaban J connectivity index is 1.39. The highest BCUT2D eigenvalue weighted by atomic mass is 32.2. The molecule has 2 aromatic heterocycles. The van der Waals surface area contributed by atoms with Crippen molar-refractivity contribution in [3.63, 3.8) is 0 Å². The van der Waals surface area contributed by atoms with Gasteiger partial charge in [0.2, 0.25) is 27.7 Å². The number of benzene rings is 2. The van der Waals surface area contributed by atoms with Gasteiger partial charge in [0.1, 0.15) is 0 Å². The number of hydrogen-bond donors (Lipinski definition) is 1. The largest absolute Gasteiger partial charge is 0.420 e. The van der Waals surface area contributed by atoms with Gasteiger partial charge in [0, 0.05) is 16.8 Å². The lowest BCUT2D eigenvalue weighted by atomic mass is 10.2. The molecule has 0 radical (unpaired) electrons. The lowest BCUT2D eigenvalue weighted by Crippen LogP contribution is -2.09. The molecular weight excluding hydrogens is 414 g/mol. The van der Waals surface area contributed by atoms with E-state index in [2.05, 4.69) is 25.1 Å². The van der Waals surface area contributed by atoms with E-state index in [4.69, 9.17) is 8.83 Å². The predicted molar refractivity (Wildman–Crippen MR) is 107 cm³/mol. The number of rotatable bonds is 7. The van der Waals surface area contributed by atoms with Gasteiger partial charge in [-0.1, -0.05) is 30.0 Å². The molecule has 2 heterocycles. The molecule has 0 atom stereocenters. The maximum absolute atomic E-state index is 11.3. The van der Waals surface area contributed by atoms with Crippen LogP contribution in [0.1, 0.15) is 5.89 Å². The number of anilines is 1. The van der Waals surface area contributed by atoms with E-state index in [9.17, 15) is 8.42 Å². The molecule has 0 amide bonds. The molecule has 148 valence electrons. The van der Waals surface area contributed by atoms with Crippen LogP contribution in [0.15, 0.2) is 68.7 Å². The number of nitrogens with one attached hydrogen (secondary N) is 1. The van der Waals surface area contributed by atoms with Crippen LogP contribution in [0.25, 0.3) is 22.9 Å². The maximum atomic E-state index is 11.3. The van der Waals surface area contributed by atoms with Crippen LogP contribution in [0, 0.1) is 0 Å². The first-order valence-corrected chi connectivity index (χ1v) is 11.3. The van der Waals surface area contributed by atoms with Gasteiger partial charge >= 0.3 is 0 Å². The summed E-state index contributed by atoms with van der Waals surface area (Å²) in [6.45, 7) is 0. The minimum atomic E-state index is -3.33. The van der Waals surface area contributed by atoms with E-state index >= 15 is 0 Å². The van der Waals surface area contributed by atoms with E-state index < -0.39 is 10.0 Å². The van der Waals surface area contributed by atoms with Crippen LogP contribution in [0.5, 0.6) is 0 Å². The summed E-state index contributed by atoms with van der Waals surface area (Å²) in [6.07, 6.45) is 1.09. The zero-order chi connectivity index (χ0) is 20.3. The molecule has 0 spiro atoms. The predicted octanol–water partition coefficient (Wildman–Crippen LogP) is 3.45. The van der Waals surface area contributed by atoms with Crippen molar-refractivity contribution < 1.29 is 17.3 Å². The normalized spacial score (nSPS) is 11.5. The van der Waals surface area contributed by atoms with Crippen LogP contribution in [0.4, 0.5) is 5.69 Å². The molecule has 0 aliphatic rings. The third-order valence-electron chi connectivity index (χ3n) is 3.65. The summed E-state index contributed by atoms with van der Waals surface area (Å²) in [4.78, 5) is 0. The van der Waals surface area contributed by atoms with E-state index in [1.54, 1.807) is 24.3 Å². The molecule has 4 aromatic rings. The Kier molecular flexibility index (Phi) is 5.32. The Bertz CT molecular complexity index is 1200. The van der Waals surface area contributed by atoms with Gasteiger partial charge in [-0.3, -0.25) is 4.72 Å². The fraction of sp³-hybridized carbons (Fsp3) is 0.111. The molecule has 4 rings (SSSR count). The second-order valence-corrected chi connectivity index (χ2v) is 8.66. The summed E-state index contributed by atoms with van der Waals surface area (Å²) in [6, 6.07) is 16.1. The van der Waals surface area contributed by atoms with Gasteiger partial charge in [0.25, 0.3) is 5.22 Å². The molecular formula is C18H15N5O4S2. The van der Waals surface area contributed by atoms with E-state index in [-0.39, 0.29) is 0 Å². The van der Waals surface area contributed by atoms with Crippen molar-refractivity contribution in [2.45, 2.75) is 11.0 Å². The summed E-state index contributed by atoms with van der Waals surface area (Å²) in [5, 5.41) is 16.4. The fourth-order valence-corrected chi connectivity index (χ4v) is 3.58. The quantitative estimate of drug-likeness (QED) is 0.440. The average Bonchev–Trinajstić information content (AvgIpc) is 3.36. The topological polar surface area (TPSA) is 124 Å². The molecule has 0 fully saturated rings. The minimum Gasteiger partial charge on any atom is -0.420 e. The Hall–Kier alpha value is -3.18. The number of thioether (sulfide) groups is 1. The first kappa shape index (κ1) is 19.2. The van der Waals surface area contributed by atoms with E-state index in [1.807, 2.05) is 30.3 Å². The molecule has 0 unspecified atom stereocenters. The number of sulfonamides is 1. The van der Waals surface area contributed by atoms with Gasteiger partial charge < -0.3 is 8.83 Å². The smallest absolute Gasteiger partial charge is 0.277 e. The van der Waals surface area contributed by atoms with Crippen molar-refractivity contribution in [3.8, 4) is 22.9 Å².